The summed E-state index contributed by atoms with van der Waals surface area (Å²) < 4.78 is 15.9. The predicted molar refractivity (Wildman–Crippen MR) is 78.3 cm³/mol. The minimum Gasteiger partial charge on any atom is -0.491 e. The van der Waals surface area contributed by atoms with Gasteiger partial charge in [0.15, 0.2) is 0 Å². The molecule has 0 radical (unpaired) electrons. The maximum absolute atomic E-state index is 5.56. The van der Waals surface area contributed by atoms with Crippen LogP contribution in [0.1, 0.15) is 26.3 Å². The van der Waals surface area contributed by atoms with Gasteiger partial charge in [0.1, 0.15) is 19.1 Å². The van der Waals surface area contributed by atoms with Gasteiger partial charge in [-0.15, -0.1) is 0 Å². The van der Waals surface area contributed by atoms with E-state index in [-0.39, 0.29) is 0 Å². The molecule has 1 rings (SSSR count). The van der Waals surface area contributed by atoms with Gasteiger partial charge in [0.05, 0.1) is 6.61 Å². The molecule has 0 spiro atoms. The maximum Gasteiger partial charge on any atom is 0.146 e. The van der Waals surface area contributed by atoms with Gasteiger partial charge in [-0.25, -0.2) is 0 Å². The normalized spacial score (nSPS) is 11.4. The van der Waals surface area contributed by atoms with Gasteiger partial charge < -0.3 is 14.2 Å². The van der Waals surface area contributed by atoms with Gasteiger partial charge in [0.25, 0.3) is 0 Å². The summed E-state index contributed by atoms with van der Waals surface area (Å²) in [6.45, 7) is 8.34. The van der Waals surface area contributed by atoms with Crippen molar-refractivity contribution < 1.29 is 14.2 Å². The molecule has 0 aliphatic heterocycles. The predicted octanol–water partition coefficient (Wildman–Crippen LogP) is 3.75. The fraction of sp³-hybridized carbons (Fsp3) is 0.500. The summed E-state index contributed by atoms with van der Waals surface area (Å²) in [7, 11) is 0. The molecule has 0 N–H and O–H groups in total. The summed E-state index contributed by atoms with van der Waals surface area (Å²) in [5, 5.41) is 0. The molecule has 0 aromatic heterocycles. The van der Waals surface area contributed by atoms with E-state index < -0.39 is 0 Å². The molecule has 106 valence electrons. The summed E-state index contributed by atoms with van der Waals surface area (Å²) in [5.74, 6) is 1.43. The molecule has 0 atom stereocenters. The quantitative estimate of drug-likeness (QED) is 0.502. The van der Waals surface area contributed by atoms with Crippen molar-refractivity contribution in [3.8, 4) is 5.75 Å². The second-order valence-corrected chi connectivity index (χ2v) is 4.54. The van der Waals surface area contributed by atoms with Gasteiger partial charge >= 0.3 is 0 Å². The first-order valence-corrected chi connectivity index (χ1v) is 6.79. The fourth-order valence-corrected chi connectivity index (χ4v) is 1.40. The topological polar surface area (TPSA) is 27.7 Å². The average Bonchev–Trinajstić information content (AvgIpc) is 2.41. The van der Waals surface area contributed by atoms with Gasteiger partial charge in [-0.05, 0) is 30.5 Å². The Morgan fingerprint density at radius 3 is 2.42 bits per heavy atom. The molecule has 0 aliphatic carbocycles. The van der Waals surface area contributed by atoms with Crippen LogP contribution in [-0.2, 0) is 9.47 Å². The molecule has 0 saturated heterocycles. The van der Waals surface area contributed by atoms with Gasteiger partial charge in [0.2, 0.25) is 0 Å². The maximum atomic E-state index is 5.56. The van der Waals surface area contributed by atoms with Crippen LogP contribution in [0, 0.1) is 5.92 Å². The fourth-order valence-electron chi connectivity index (χ4n) is 1.40. The van der Waals surface area contributed by atoms with Crippen molar-refractivity contribution in [2.24, 2.45) is 5.92 Å². The third-order valence-corrected chi connectivity index (χ3v) is 2.42. The Hall–Kier alpha value is -1.32. The smallest absolute Gasteiger partial charge is 0.146 e. The van der Waals surface area contributed by atoms with E-state index in [2.05, 4.69) is 38.1 Å². The van der Waals surface area contributed by atoms with Crippen LogP contribution in [0.2, 0.25) is 0 Å². The van der Waals surface area contributed by atoms with Crippen molar-refractivity contribution >= 4 is 6.08 Å². The third kappa shape index (κ3) is 7.65. The van der Waals surface area contributed by atoms with Crippen LogP contribution in [0.3, 0.4) is 0 Å². The number of rotatable bonds is 9. The Bertz CT molecular complexity index is 355. The molecule has 0 fully saturated rings. The first kappa shape index (κ1) is 15.7. The zero-order chi connectivity index (χ0) is 13.9. The molecular weight excluding hydrogens is 240 g/mol. The lowest BCUT2D eigenvalue weighted by Gasteiger charge is -2.07. The van der Waals surface area contributed by atoms with Crippen LogP contribution in [-0.4, -0.2) is 26.6 Å². The van der Waals surface area contributed by atoms with E-state index in [1.807, 2.05) is 19.1 Å². The number of allylic oxidation sites excluding steroid dienone is 1. The number of hydrogen-bond acceptors (Lipinski definition) is 3. The second kappa shape index (κ2) is 9.59. The van der Waals surface area contributed by atoms with Crippen molar-refractivity contribution in [1.29, 1.82) is 0 Å². The Labute approximate surface area is 116 Å². The third-order valence-electron chi connectivity index (χ3n) is 2.42. The zero-order valence-corrected chi connectivity index (χ0v) is 12.1. The van der Waals surface area contributed by atoms with Gasteiger partial charge in [-0.1, -0.05) is 38.1 Å². The second-order valence-electron chi connectivity index (χ2n) is 4.54. The molecule has 0 heterocycles. The summed E-state index contributed by atoms with van der Waals surface area (Å²) in [6, 6.07) is 8.05. The molecule has 3 heteroatoms. The van der Waals surface area contributed by atoms with E-state index in [1.54, 1.807) is 0 Å². The molecule has 1 aromatic rings. The van der Waals surface area contributed by atoms with E-state index in [0.717, 1.165) is 5.75 Å². The molecule has 0 aliphatic rings. The highest BCUT2D eigenvalue weighted by Crippen LogP contribution is 2.13. The van der Waals surface area contributed by atoms with Crippen molar-refractivity contribution in [2.45, 2.75) is 20.8 Å². The van der Waals surface area contributed by atoms with Crippen molar-refractivity contribution in [2.75, 3.05) is 26.6 Å². The first-order valence-electron chi connectivity index (χ1n) is 6.79. The summed E-state index contributed by atoms with van der Waals surface area (Å²) >= 11 is 0. The number of hydrogen-bond donors (Lipinski definition) is 0. The van der Waals surface area contributed by atoms with Crippen molar-refractivity contribution in [3.63, 3.8) is 0 Å². The number of benzene rings is 1. The summed E-state index contributed by atoms with van der Waals surface area (Å²) in [4.78, 5) is 0. The molecule has 3 nitrogen and oxygen atoms in total. The monoisotopic (exact) mass is 264 g/mol. The lowest BCUT2D eigenvalue weighted by molar-refractivity contribution is -0.0561. The largest absolute Gasteiger partial charge is 0.491 e. The molecule has 0 unspecified atom stereocenters. The van der Waals surface area contributed by atoms with E-state index in [4.69, 9.17) is 14.2 Å². The molecular formula is C16H24O3. The minimum absolute atomic E-state index is 0.332. The lowest BCUT2D eigenvalue weighted by atomic mass is 10.1. The Kier molecular flexibility index (Phi) is 7.94. The van der Waals surface area contributed by atoms with Gasteiger partial charge in [-0.2, -0.15) is 0 Å². The standard InChI is InChI=1S/C16H24O3/c1-4-17-13-18-11-12-19-16-9-7-15(8-10-16)6-5-14(2)3/h5-10,14H,4,11-13H2,1-3H3/b6-5+. The van der Waals surface area contributed by atoms with E-state index in [0.29, 0.717) is 32.5 Å². The summed E-state index contributed by atoms with van der Waals surface area (Å²) in [6.07, 6.45) is 4.30. The van der Waals surface area contributed by atoms with Crippen LogP contribution in [0.4, 0.5) is 0 Å². The van der Waals surface area contributed by atoms with Crippen molar-refractivity contribution in [1.82, 2.24) is 0 Å². The Morgan fingerprint density at radius 1 is 1.05 bits per heavy atom. The molecule has 19 heavy (non-hydrogen) atoms. The van der Waals surface area contributed by atoms with Crippen molar-refractivity contribution in [3.05, 3.63) is 35.9 Å². The van der Waals surface area contributed by atoms with E-state index in [9.17, 15) is 0 Å². The summed E-state index contributed by atoms with van der Waals surface area (Å²) in [5.41, 5.74) is 1.19. The molecule has 0 amide bonds. The SMILES string of the molecule is CCOCOCCOc1ccc(/C=C/C(C)C)cc1. The Morgan fingerprint density at radius 2 is 1.79 bits per heavy atom. The minimum atomic E-state index is 0.332. The van der Waals surface area contributed by atoms with Crippen LogP contribution in [0.15, 0.2) is 30.3 Å². The highest BCUT2D eigenvalue weighted by atomic mass is 16.7. The molecule has 1 aromatic carbocycles. The van der Waals surface area contributed by atoms with Gasteiger partial charge in [-0.3, -0.25) is 0 Å². The average molecular weight is 264 g/mol. The lowest BCUT2D eigenvalue weighted by Crippen LogP contribution is -2.09. The van der Waals surface area contributed by atoms with E-state index >= 15 is 0 Å². The van der Waals surface area contributed by atoms with Crippen LogP contribution < -0.4 is 4.74 Å². The van der Waals surface area contributed by atoms with Gasteiger partial charge in [0, 0.05) is 6.61 Å². The van der Waals surface area contributed by atoms with Crippen LogP contribution in [0.25, 0.3) is 6.08 Å². The van der Waals surface area contributed by atoms with Crippen LogP contribution in [0.5, 0.6) is 5.75 Å². The molecule has 0 bridgehead atoms. The highest BCUT2D eigenvalue weighted by Gasteiger charge is 1.94. The number of ether oxygens (including phenoxy) is 3. The highest BCUT2D eigenvalue weighted by molar-refractivity contribution is 5.50. The zero-order valence-electron chi connectivity index (χ0n) is 12.1. The first-order chi connectivity index (χ1) is 9.22. The Balaban J connectivity index is 2.24. The molecule has 0 saturated carbocycles. The van der Waals surface area contributed by atoms with Crippen LogP contribution >= 0.6 is 0 Å². The van der Waals surface area contributed by atoms with E-state index in [1.165, 1.54) is 5.56 Å².